The summed E-state index contributed by atoms with van der Waals surface area (Å²) in [6.07, 6.45) is 12.3. The third kappa shape index (κ3) is 3.91. The van der Waals surface area contributed by atoms with Crippen LogP contribution in [0.4, 0.5) is 0 Å². The van der Waals surface area contributed by atoms with Gasteiger partial charge in [0.15, 0.2) is 0 Å². The Labute approximate surface area is 164 Å². The maximum absolute atomic E-state index is 13.0. The molecule has 1 saturated heterocycles. The van der Waals surface area contributed by atoms with Gasteiger partial charge in [0.2, 0.25) is 5.78 Å². The molecule has 0 N–H and O–H groups in total. The van der Waals surface area contributed by atoms with Gasteiger partial charge in [0.1, 0.15) is 11.5 Å². The summed E-state index contributed by atoms with van der Waals surface area (Å²) in [6.45, 7) is 3.45. The molecule has 1 fully saturated rings. The molecule has 1 aliphatic rings. The zero-order valence-corrected chi connectivity index (χ0v) is 16.5. The lowest BCUT2D eigenvalue weighted by Gasteiger charge is -2.32. The van der Waals surface area contributed by atoms with Crippen LogP contribution in [0.15, 0.2) is 37.1 Å². The second kappa shape index (κ2) is 8.10. The second-order valence-corrected chi connectivity index (χ2v) is 7.68. The molecule has 3 aromatic rings. The molecule has 28 heavy (non-hydrogen) atoms. The zero-order chi connectivity index (χ0) is 19.5. The highest BCUT2D eigenvalue weighted by atomic mass is 16.2. The van der Waals surface area contributed by atoms with Gasteiger partial charge in [-0.2, -0.15) is 0 Å². The fourth-order valence-electron chi connectivity index (χ4n) is 3.89. The molecule has 0 spiro atoms. The van der Waals surface area contributed by atoms with Crippen LogP contribution in [-0.2, 0) is 6.54 Å². The Morgan fingerprint density at radius 3 is 2.96 bits per heavy atom. The van der Waals surface area contributed by atoms with Crippen molar-refractivity contribution in [3.8, 4) is 0 Å². The van der Waals surface area contributed by atoms with Crippen molar-refractivity contribution in [2.45, 2.75) is 31.7 Å². The van der Waals surface area contributed by atoms with E-state index >= 15 is 0 Å². The highest BCUT2D eigenvalue weighted by Crippen LogP contribution is 2.27. The van der Waals surface area contributed by atoms with Crippen molar-refractivity contribution in [2.24, 2.45) is 0 Å². The first-order valence-corrected chi connectivity index (χ1v) is 9.86. The van der Waals surface area contributed by atoms with E-state index in [0.29, 0.717) is 18.0 Å². The third-order valence-corrected chi connectivity index (χ3v) is 5.28. The lowest BCUT2D eigenvalue weighted by Crippen LogP contribution is -2.40. The number of aryl methyl sites for hydroxylation is 1. The van der Waals surface area contributed by atoms with E-state index in [0.717, 1.165) is 44.7 Å². The van der Waals surface area contributed by atoms with E-state index in [2.05, 4.69) is 44.7 Å². The summed E-state index contributed by atoms with van der Waals surface area (Å²) in [4.78, 5) is 30.3. The molecule has 0 aromatic carbocycles. The molecule has 148 valence electrons. The van der Waals surface area contributed by atoms with Crippen LogP contribution in [0.25, 0.3) is 5.78 Å². The minimum Gasteiger partial charge on any atom is -0.337 e. The summed E-state index contributed by atoms with van der Waals surface area (Å²) >= 11 is 0. The van der Waals surface area contributed by atoms with Crippen LogP contribution in [0.1, 0.15) is 41.5 Å². The number of hydrogen-bond donors (Lipinski definition) is 0. The number of aromatic nitrogens is 5. The van der Waals surface area contributed by atoms with Crippen molar-refractivity contribution in [2.75, 3.05) is 33.7 Å². The van der Waals surface area contributed by atoms with E-state index < -0.39 is 0 Å². The fraction of sp³-hybridized carbons (Fsp3) is 0.500. The Morgan fingerprint density at radius 2 is 2.14 bits per heavy atom. The molecule has 8 nitrogen and oxygen atoms in total. The summed E-state index contributed by atoms with van der Waals surface area (Å²) in [5, 5.41) is 0. The first kappa shape index (κ1) is 18.6. The molecular formula is C20H27N7O. The van der Waals surface area contributed by atoms with E-state index in [1.165, 1.54) is 0 Å². The summed E-state index contributed by atoms with van der Waals surface area (Å²) < 4.78 is 4.03. The molecule has 0 bridgehead atoms. The summed E-state index contributed by atoms with van der Waals surface area (Å²) in [6, 6.07) is 1.83. The molecule has 0 unspecified atom stereocenters. The molecule has 0 aliphatic carbocycles. The predicted molar refractivity (Wildman–Crippen MR) is 106 cm³/mol. The fourth-order valence-corrected chi connectivity index (χ4v) is 3.89. The Bertz CT molecular complexity index is 912. The van der Waals surface area contributed by atoms with Crippen LogP contribution < -0.4 is 0 Å². The van der Waals surface area contributed by atoms with Gasteiger partial charge in [-0.3, -0.25) is 9.20 Å². The van der Waals surface area contributed by atoms with Gasteiger partial charge in [-0.05, 0) is 46.0 Å². The van der Waals surface area contributed by atoms with Crippen LogP contribution in [0.5, 0.6) is 0 Å². The number of rotatable bonds is 6. The van der Waals surface area contributed by atoms with Gasteiger partial charge in [0, 0.05) is 56.5 Å². The standard InChI is InChI=1S/C20H27N7O/c1-24(2)9-5-12-25-13-8-21-18(25)16-6-3-10-26(14-16)19(28)17-15-27-11-4-7-22-20(27)23-17/h4,7-8,11,13,15-16H,3,5-6,9-10,12,14H2,1-2H3/t16-/m0/s1. The summed E-state index contributed by atoms with van der Waals surface area (Å²) in [5.41, 5.74) is 0.452. The second-order valence-electron chi connectivity index (χ2n) is 7.68. The SMILES string of the molecule is CN(C)CCCn1ccnc1[C@H]1CCCN(C(=O)c2cn3cccnc3n2)C1. The van der Waals surface area contributed by atoms with Crippen LogP contribution in [0.2, 0.25) is 0 Å². The highest BCUT2D eigenvalue weighted by molar-refractivity contribution is 5.92. The van der Waals surface area contributed by atoms with E-state index in [4.69, 9.17) is 0 Å². The Morgan fingerprint density at radius 1 is 1.25 bits per heavy atom. The molecule has 4 heterocycles. The maximum Gasteiger partial charge on any atom is 0.274 e. The molecule has 0 radical (unpaired) electrons. The van der Waals surface area contributed by atoms with Crippen molar-refractivity contribution < 1.29 is 4.79 Å². The topological polar surface area (TPSA) is 71.6 Å². The predicted octanol–water partition coefficient (Wildman–Crippen LogP) is 1.90. The normalized spacial score (nSPS) is 17.5. The van der Waals surface area contributed by atoms with Crippen molar-refractivity contribution >= 4 is 11.7 Å². The molecule has 1 atom stereocenters. The van der Waals surface area contributed by atoms with E-state index in [1.54, 1.807) is 16.8 Å². The molecule has 8 heteroatoms. The highest BCUT2D eigenvalue weighted by Gasteiger charge is 2.29. The van der Waals surface area contributed by atoms with Gasteiger partial charge in [0.25, 0.3) is 5.91 Å². The minimum absolute atomic E-state index is 0.0269. The number of piperidine rings is 1. The van der Waals surface area contributed by atoms with Crippen molar-refractivity contribution in [1.29, 1.82) is 0 Å². The first-order chi connectivity index (χ1) is 13.6. The smallest absolute Gasteiger partial charge is 0.274 e. The molecule has 0 saturated carbocycles. The number of hydrogen-bond acceptors (Lipinski definition) is 5. The average Bonchev–Trinajstić information content (AvgIpc) is 3.34. The lowest BCUT2D eigenvalue weighted by molar-refractivity contribution is 0.0698. The van der Waals surface area contributed by atoms with E-state index in [1.807, 2.05) is 23.4 Å². The van der Waals surface area contributed by atoms with Gasteiger partial charge in [-0.25, -0.2) is 15.0 Å². The average molecular weight is 381 g/mol. The Hall–Kier alpha value is -2.74. The van der Waals surface area contributed by atoms with Crippen LogP contribution in [-0.4, -0.2) is 73.4 Å². The summed E-state index contributed by atoms with van der Waals surface area (Å²) in [5.74, 6) is 1.88. The maximum atomic E-state index is 13.0. The molecule has 4 rings (SSSR count). The number of amides is 1. The quantitative estimate of drug-likeness (QED) is 0.652. The van der Waals surface area contributed by atoms with Gasteiger partial charge in [-0.15, -0.1) is 0 Å². The van der Waals surface area contributed by atoms with Gasteiger partial charge < -0.3 is 14.4 Å². The Balaban J connectivity index is 1.46. The van der Waals surface area contributed by atoms with Crippen molar-refractivity contribution in [3.63, 3.8) is 0 Å². The third-order valence-electron chi connectivity index (χ3n) is 5.28. The number of likely N-dealkylation sites (tertiary alicyclic amines) is 1. The monoisotopic (exact) mass is 381 g/mol. The van der Waals surface area contributed by atoms with Crippen molar-refractivity contribution in [3.05, 3.63) is 48.6 Å². The number of imidazole rings is 2. The number of carbonyl (C=O) groups excluding carboxylic acids is 1. The van der Waals surface area contributed by atoms with E-state index in [-0.39, 0.29) is 11.8 Å². The first-order valence-electron chi connectivity index (χ1n) is 9.86. The molecular weight excluding hydrogens is 354 g/mol. The zero-order valence-electron chi connectivity index (χ0n) is 16.5. The number of fused-ring (bicyclic) bond motifs is 1. The van der Waals surface area contributed by atoms with Gasteiger partial charge in [0.05, 0.1) is 0 Å². The molecule has 3 aromatic heterocycles. The van der Waals surface area contributed by atoms with Crippen LogP contribution in [0.3, 0.4) is 0 Å². The van der Waals surface area contributed by atoms with Gasteiger partial charge >= 0.3 is 0 Å². The minimum atomic E-state index is -0.0269. The van der Waals surface area contributed by atoms with E-state index in [9.17, 15) is 4.79 Å². The molecule has 1 aliphatic heterocycles. The Kier molecular flexibility index (Phi) is 5.38. The van der Waals surface area contributed by atoms with Crippen LogP contribution >= 0.6 is 0 Å². The van der Waals surface area contributed by atoms with Crippen molar-refractivity contribution in [1.82, 2.24) is 33.7 Å². The summed E-state index contributed by atoms with van der Waals surface area (Å²) in [7, 11) is 4.18. The number of carbonyl (C=O) groups is 1. The van der Waals surface area contributed by atoms with Gasteiger partial charge in [-0.1, -0.05) is 0 Å². The number of nitrogens with zero attached hydrogens (tertiary/aromatic N) is 7. The largest absolute Gasteiger partial charge is 0.337 e. The molecule has 1 amide bonds. The lowest BCUT2D eigenvalue weighted by atomic mass is 9.96. The van der Waals surface area contributed by atoms with Crippen LogP contribution in [0, 0.1) is 0 Å².